The van der Waals surface area contributed by atoms with Gasteiger partial charge in [-0.1, -0.05) is 0 Å². The Balaban J connectivity index is 2.06. The van der Waals surface area contributed by atoms with E-state index < -0.39 is 11.2 Å². The molecular formula is C9H14N4O3. The first-order valence-electron chi connectivity index (χ1n) is 5.14. The predicted octanol–water partition coefficient (Wildman–Crippen LogP) is -1.33. The fourth-order valence-electron chi connectivity index (χ4n) is 1.92. The minimum Gasteiger partial charge on any atom is -0.393 e. The zero-order chi connectivity index (χ0) is 11.7. The van der Waals surface area contributed by atoms with Gasteiger partial charge in [0.2, 0.25) is 5.82 Å². The van der Waals surface area contributed by atoms with Crippen molar-refractivity contribution < 1.29 is 5.11 Å². The van der Waals surface area contributed by atoms with E-state index in [1.165, 1.54) is 0 Å². The van der Waals surface area contributed by atoms with E-state index in [0.29, 0.717) is 12.5 Å². The van der Waals surface area contributed by atoms with Gasteiger partial charge in [-0.15, -0.1) is 5.10 Å². The summed E-state index contributed by atoms with van der Waals surface area (Å²) in [6.07, 6.45) is 1.30. The monoisotopic (exact) mass is 226 g/mol. The van der Waals surface area contributed by atoms with Crippen LogP contribution in [0, 0.1) is 5.92 Å². The first kappa shape index (κ1) is 10.9. The molecule has 3 N–H and O–H groups in total. The number of aliphatic hydroxyl groups is 1. The van der Waals surface area contributed by atoms with Gasteiger partial charge in [-0.3, -0.25) is 9.78 Å². The van der Waals surface area contributed by atoms with Crippen LogP contribution in [0.25, 0.3) is 0 Å². The first-order chi connectivity index (χ1) is 7.56. The Hall–Kier alpha value is -1.63. The van der Waals surface area contributed by atoms with Crippen LogP contribution in [0.15, 0.2) is 9.59 Å². The zero-order valence-corrected chi connectivity index (χ0v) is 8.93. The number of aromatic amines is 2. The van der Waals surface area contributed by atoms with Crippen molar-refractivity contribution in [2.24, 2.45) is 5.92 Å². The Morgan fingerprint density at radius 1 is 1.50 bits per heavy atom. The highest BCUT2D eigenvalue weighted by molar-refractivity contribution is 5.32. The molecule has 88 valence electrons. The number of aromatic nitrogens is 3. The van der Waals surface area contributed by atoms with Crippen molar-refractivity contribution in [1.82, 2.24) is 15.2 Å². The fraction of sp³-hybridized carbons (Fsp3) is 0.667. The lowest BCUT2D eigenvalue weighted by Crippen LogP contribution is -2.40. The number of nitrogens with one attached hydrogen (secondary N) is 2. The second kappa shape index (κ2) is 4.09. The van der Waals surface area contributed by atoms with Gasteiger partial charge in [0.05, 0.1) is 6.10 Å². The summed E-state index contributed by atoms with van der Waals surface area (Å²) < 4.78 is 0. The van der Waals surface area contributed by atoms with E-state index in [4.69, 9.17) is 5.11 Å². The molecule has 1 aliphatic carbocycles. The maximum atomic E-state index is 11.4. The number of hydrogen-bond acceptors (Lipinski definition) is 5. The first-order valence-corrected chi connectivity index (χ1v) is 5.14. The normalized spacial score (nSPS) is 23.9. The maximum Gasteiger partial charge on any atom is 0.342 e. The number of anilines is 1. The van der Waals surface area contributed by atoms with E-state index in [2.05, 4.69) is 15.2 Å². The minimum absolute atomic E-state index is 0.195. The van der Waals surface area contributed by atoms with Gasteiger partial charge in [-0.05, 0) is 18.8 Å². The molecule has 0 atom stereocenters. The van der Waals surface area contributed by atoms with Gasteiger partial charge in [0.1, 0.15) is 0 Å². The van der Waals surface area contributed by atoms with Crippen molar-refractivity contribution in [3.63, 3.8) is 0 Å². The fourth-order valence-corrected chi connectivity index (χ4v) is 1.92. The average molecular weight is 226 g/mol. The second-order valence-corrected chi connectivity index (χ2v) is 4.20. The lowest BCUT2D eigenvalue weighted by atomic mass is 9.82. The molecule has 1 aromatic heterocycles. The lowest BCUT2D eigenvalue weighted by Gasteiger charge is -2.34. The molecule has 2 rings (SSSR count). The second-order valence-electron chi connectivity index (χ2n) is 4.20. The molecule has 0 bridgehead atoms. The molecule has 0 spiro atoms. The van der Waals surface area contributed by atoms with Crippen molar-refractivity contribution in [1.29, 1.82) is 0 Å². The van der Waals surface area contributed by atoms with Crippen LogP contribution in [0.4, 0.5) is 5.82 Å². The summed E-state index contributed by atoms with van der Waals surface area (Å²) in [5.41, 5.74) is -1.10. The molecule has 16 heavy (non-hydrogen) atoms. The Morgan fingerprint density at radius 2 is 2.19 bits per heavy atom. The maximum absolute atomic E-state index is 11.4. The van der Waals surface area contributed by atoms with Crippen LogP contribution in [0.5, 0.6) is 0 Å². The highest BCUT2D eigenvalue weighted by Gasteiger charge is 2.28. The van der Waals surface area contributed by atoms with Crippen LogP contribution in [-0.2, 0) is 0 Å². The van der Waals surface area contributed by atoms with E-state index in [9.17, 15) is 9.59 Å². The van der Waals surface area contributed by atoms with Crippen LogP contribution in [0.1, 0.15) is 12.8 Å². The molecule has 1 aliphatic rings. The Bertz CT molecular complexity index is 474. The average Bonchev–Trinajstić information content (AvgIpc) is 2.15. The molecule has 1 heterocycles. The van der Waals surface area contributed by atoms with E-state index in [0.717, 1.165) is 12.8 Å². The number of nitrogens with zero attached hydrogens (tertiary/aromatic N) is 2. The van der Waals surface area contributed by atoms with Gasteiger partial charge in [0, 0.05) is 13.6 Å². The topological polar surface area (TPSA) is 102 Å². The highest BCUT2D eigenvalue weighted by Crippen LogP contribution is 2.27. The van der Waals surface area contributed by atoms with Gasteiger partial charge >= 0.3 is 5.69 Å². The van der Waals surface area contributed by atoms with Crippen LogP contribution >= 0.6 is 0 Å². The van der Waals surface area contributed by atoms with E-state index in [1.807, 2.05) is 0 Å². The predicted molar refractivity (Wildman–Crippen MR) is 57.5 cm³/mol. The molecule has 7 nitrogen and oxygen atoms in total. The molecule has 1 fully saturated rings. The Kier molecular flexibility index (Phi) is 2.78. The Morgan fingerprint density at radius 3 is 2.75 bits per heavy atom. The minimum atomic E-state index is -0.610. The molecule has 0 saturated heterocycles. The largest absolute Gasteiger partial charge is 0.393 e. The Labute approximate surface area is 91.1 Å². The summed E-state index contributed by atoms with van der Waals surface area (Å²) in [7, 11) is 1.74. The smallest absolute Gasteiger partial charge is 0.342 e. The summed E-state index contributed by atoms with van der Waals surface area (Å²) in [4.78, 5) is 26.0. The lowest BCUT2D eigenvalue weighted by molar-refractivity contribution is 0.0464. The molecule has 0 radical (unpaired) electrons. The van der Waals surface area contributed by atoms with Gasteiger partial charge < -0.3 is 10.0 Å². The van der Waals surface area contributed by atoms with E-state index >= 15 is 0 Å². The molecule has 0 aromatic carbocycles. The van der Waals surface area contributed by atoms with Crippen LogP contribution in [0.2, 0.25) is 0 Å². The number of rotatable bonds is 3. The molecule has 0 unspecified atom stereocenters. The summed E-state index contributed by atoms with van der Waals surface area (Å²) in [6.45, 7) is 0.652. The molecule has 0 amide bonds. The molecule has 1 saturated carbocycles. The summed E-state index contributed by atoms with van der Waals surface area (Å²) in [5.74, 6) is 0.578. The third-order valence-corrected chi connectivity index (χ3v) is 2.80. The van der Waals surface area contributed by atoms with Crippen molar-refractivity contribution in [3.8, 4) is 0 Å². The summed E-state index contributed by atoms with van der Waals surface area (Å²) >= 11 is 0. The van der Waals surface area contributed by atoms with E-state index in [1.54, 1.807) is 11.9 Å². The van der Waals surface area contributed by atoms with E-state index in [-0.39, 0.29) is 11.9 Å². The summed E-state index contributed by atoms with van der Waals surface area (Å²) in [6, 6.07) is 0. The van der Waals surface area contributed by atoms with Crippen LogP contribution < -0.4 is 16.1 Å². The standard InChI is InChI=1S/C9H14N4O3/c1-13(4-5-2-6(14)3-5)7-8(15)10-9(16)12-11-7/h5-6,14H,2-4H2,1H3,(H2,10,12,15,16). The molecule has 1 aromatic rings. The highest BCUT2D eigenvalue weighted by atomic mass is 16.3. The van der Waals surface area contributed by atoms with Crippen molar-refractivity contribution in [2.75, 3.05) is 18.5 Å². The number of hydrogen-bond donors (Lipinski definition) is 3. The van der Waals surface area contributed by atoms with Crippen molar-refractivity contribution >= 4 is 5.82 Å². The van der Waals surface area contributed by atoms with Gasteiger partial charge in [-0.2, -0.15) is 0 Å². The number of H-pyrrole nitrogens is 2. The molecule has 0 aliphatic heterocycles. The van der Waals surface area contributed by atoms with Crippen LogP contribution in [-0.4, -0.2) is 40.0 Å². The van der Waals surface area contributed by atoms with Crippen molar-refractivity contribution in [3.05, 3.63) is 20.8 Å². The van der Waals surface area contributed by atoms with Gasteiger partial charge in [-0.25, -0.2) is 9.89 Å². The van der Waals surface area contributed by atoms with Crippen LogP contribution in [0.3, 0.4) is 0 Å². The third kappa shape index (κ3) is 2.13. The summed E-state index contributed by atoms with van der Waals surface area (Å²) in [5, 5.41) is 15.0. The molecule has 7 heteroatoms. The number of aliphatic hydroxyl groups excluding tert-OH is 1. The van der Waals surface area contributed by atoms with Crippen molar-refractivity contribution in [2.45, 2.75) is 18.9 Å². The molecular weight excluding hydrogens is 212 g/mol. The quantitative estimate of drug-likeness (QED) is 0.592. The van der Waals surface area contributed by atoms with Gasteiger partial charge in [0.25, 0.3) is 5.56 Å². The van der Waals surface area contributed by atoms with Gasteiger partial charge in [0.15, 0.2) is 0 Å². The SMILES string of the molecule is CN(CC1CC(O)C1)c1n[nH]c(=O)[nH]c1=O. The third-order valence-electron chi connectivity index (χ3n) is 2.80. The zero-order valence-electron chi connectivity index (χ0n) is 8.93.